The second kappa shape index (κ2) is 77.1. The van der Waals surface area contributed by atoms with E-state index >= 15 is 0 Å². The lowest BCUT2D eigenvalue weighted by Gasteiger charge is -2.24. The van der Waals surface area contributed by atoms with Crippen LogP contribution in [0.2, 0.25) is 0 Å². The molecule has 0 saturated heterocycles. The molecule has 96 heavy (non-hydrogen) atoms. The predicted octanol–water partition coefficient (Wildman–Crippen LogP) is 28.3. The molecule has 0 radical (unpaired) electrons. The Morgan fingerprint density at radius 1 is 0.333 bits per heavy atom. The smallest absolute Gasteiger partial charge is 0.462 e. The molecule has 0 rings (SSSR count). The molecule has 0 spiro atoms. The van der Waals surface area contributed by atoms with Crippen molar-refractivity contribution in [2.24, 2.45) is 0 Å². The van der Waals surface area contributed by atoms with Gasteiger partial charge in [-0.2, -0.15) is 0 Å². The molecule has 0 aliphatic carbocycles. The quantitative estimate of drug-likeness (QED) is 0.0211. The highest BCUT2D eigenvalue weighted by Crippen LogP contribution is 2.43. The molecule has 0 aromatic rings. The summed E-state index contributed by atoms with van der Waals surface area (Å²) >= 11 is 0. The van der Waals surface area contributed by atoms with Crippen LogP contribution in [0.3, 0.4) is 0 Å². The number of ether oxygens (including phenoxy) is 2. The van der Waals surface area contributed by atoms with Gasteiger partial charge >= 0.3 is 19.8 Å². The number of phosphoric ester groups is 1. The first kappa shape index (κ1) is 94.0. The minimum absolute atomic E-state index is 0.0344. The molecule has 0 heterocycles. The Balaban J connectivity index is 3.85. The molecule has 0 bridgehead atoms. The maximum absolute atomic E-state index is 12.9. The number of unbranched alkanes of at least 4 members (excludes halogenated alkanes) is 58. The fraction of sp³-hybridized carbons (Fsp3) is 0.884. The third-order valence-electron chi connectivity index (χ3n) is 19.4. The van der Waals surface area contributed by atoms with Crippen LogP contribution >= 0.6 is 7.82 Å². The van der Waals surface area contributed by atoms with Gasteiger partial charge in [-0.15, -0.1) is 0 Å². The molecule has 0 saturated carbocycles. The van der Waals surface area contributed by atoms with E-state index in [4.69, 9.17) is 18.5 Å². The number of carbonyl (C=O) groups is 2. The summed E-state index contributed by atoms with van der Waals surface area (Å²) in [7, 11) is 1.50. The van der Waals surface area contributed by atoms with Crippen LogP contribution in [0.4, 0.5) is 0 Å². The molecule has 1 N–H and O–H groups in total. The zero-order valence-electron chi connectivity index (χ0n) is 64.9. The minimum Gasteiger partial charge on any atom is -0.462 e. The molecule has 0 amide bonds. The highest BCUT2D eigenvalue weighted by atomic mass is 31.2. The fourth-order valence-electron chi connectivity index (χ4n) is 13.0. The molecular formula is C86H165NO8P+. The summed E-state index contributed by atoms with van der Waals surface area (Å²) in [6.45, 7) is 4.41. The van der Waals surface area contributed by atoms with E-state index in [-0.39, 0.29) is 25.6 Å². The van der Waals surface area contributed by atoms with Crippen LogP contribution in [0.5, 0.6) is 0 Å². The summed E-state index contributed by atoms with van der Waals surface area (Å²) in [6.07, 6.45) is 103. The van der Waals surface area contributed by atoms with E-state index in [2.05, 4.69) is 62.5 Å². The normalized spacial score (nSPS) is 13.2. The van der Waals surface area contributed by atoms with Crippen molar-refractivity contribution in [1.82, 2.24) is 0 Å². The number of carbonyl (C=O) groups excluding carboxylic acids is 2. The average molecular weight is 1370 g/mol. The van der Waals surface area contributed by atoms with Gasteiger partial charge in [0.1, 0.15) is 19.8 Å². The number of likely N-dealkylation sites (N-methyl/N-ethyl adjacent to an activating group) is 1. The number of hydrogen-bond acceptors (Lipinski definition) is 7. The van der Waals surface area contributed by atoms with Crippen LogP contribution in [0, 0.1) is 0 Å². The van der Waals surface area contributed by atoms with E-state index in [0.29, 0.717) is 23.9 Å². The number of phosphoric acid groups is 1. The Labute approximate surface area is 598 Å². The van der Waals surface area contributed by atoms with Gasteiger partial charge in [-0.3, -0.25) is 18.6 Å². The topological polar surface area (TPSA) is 108 Å². The molecular weight excluding hydrogens is 1210 g/mol. The maximum Gasteiger partial charge on any atom is 0.472 e. The van der Waals surface area contributed by atoms with Gasteiger partial charge in [-0.1, -0.05) is 422 Å². The van der Waals surface area contributed by atoms with E-state index in [1.54, 1.807) is 0 Å². The SMILES string of the molecule is CC/C=C\C/C=C\C/C=C\C/C=C\CCCCCCCCCCCCCCCCCCCCC(=O)OC(COC(=O)CCCCCCCCCCCCCCCCCCCCCCCCCCCCCCCCCCCCCCCCCCC)COP(=O)(O)OCC[N+](C)(C)C. The lowest BCUT2D eigenvalue weighted by Crippen LogP contribution is -2.37. The minimum atomic E-state index is -4.39. The first-order valence-electron chi connectivity index (χ1n) is 42.4. The van der Waals surface area contributed by atoms with Crippen molar-refractivity contribution in [3.05, 3.63) is 48.6 Å². The van der Waals surface area contributed by atoms with Crippen LogP contribution in [0.15, 0.2) is 48.6 Å². The second-order valence-corrected chi connectivity index (χ2v) is 31.7. The monoisotopic (exact) mass is 1370 g/mol. The molecule has 0 fully saturated rings. The lowest BCUT2D eigenvalue weighted by atomic mass is 10.0. The predicted molar refractivity (Wildman–Crippen MR) is 418 cm³/mol. The fourth-order valence-corrected chi connectivity index (χ4v) is 13.7. The largest absolute Gasteiger partial charge is 0.472 e. The van der Waals surface area contributed by atoms with Crippen molar-refractivity contribution in [2.75, 3.05) is 47.5 Å². The van der Waals surface area contributed by atoms with Gasteiger partial charge in [0.25, 0.3) is 0 Å². The Bertz CT molecular complexity index is 1760. The Morgan fingerprint density at radius 2 is 0.594 bits per heavy atom. The Morgan fingerprint density at radius 3 is 0.885 bits per heavy atom. The van der Waals surface area contributed by atoms with Gasteiger partial charge in [0.05, 0.1) is 27.7 Å². The number of quaternary nitrogens is 1. The lowest BCUT2D eigenvalue weighted by molar-refractivity contribution is -0.870. The van der Waals surface area contributed by atoms with E-state index in [0.717, 1.165) is 57.8 Å². The molecule has 2 unspecified atom stereocenters. The summed E-state index contributed by atoms with van der Waals surface area (Å²) in [5.41, 5.74) is 0. The van der Waals surface area contributed by atoms with Gasteiger partial charge in [0.2, 0.25) is 0 Å². The van der Waals surface area contributed by atoms with Gasteiger partial charge in [0.15, 0.2) is 6.10 Å². The molecule has 0 aliphatic heterocycles. The van der Waals surface area contributed by atoms with E-state index in [9.17, 15) is 19.0 Å². The Kier molecular flexibility index (Phi) is 75.5. The number of allylic oxidation sites excluding steroid dienone is 8. The van der Waals surface area contributed by atoms with Gasteiger partial charge in [0, 0.05) is 12.8 Å². The van der Waals surface area contributed by atoms with Crippen molar-refractivity contribution in [2.45, 2.75) is 444 Å². The van der Waals surface area contributed by atoms with Gasteiger partial charge in [-0.25, -0.2) is 4.57 Å². The first-order valence-corrected chi connectivity index (χ1v) is 43.9. The third kappa shape index (κ3) is 80.9. The summed E-state index contributed by atoms with van der Waals surface area (Å²) in [4.78, 5) is 36.0. The van der Waals surface area contributed by atoms with E-state index in [1.165, 1.54) is 347 Å². The van der Waals surface area contributed by atoms with Crippen LogP contribution < -0.4 is 0 Å². The van der Waals surface area contributed by atoms with Crippen LogP contribution in [0.25, 0.3) is 0 Å². The summed E-state index contributed by atoms with van der Waals surface area (Å²) in [5.74, 6) is -0.772. The number of nitrogens with zero attached hydrogens (tertiary/aromatic N) is 1. The maximum atomic E-state index is 12.9. The molecule has 0 aliphatic rings. The zero-order valence-corrected chi connectivity index (χ0v) is 65.8. The van der Waals surface area contributed by atoms with Gasteiger partial charge < -0.3 is 18.9 Å². The number of rotatable bonds is 80. The highest BCUT2D eigenvalue weighted by Gasteiger charge is 2.27. The van der Waals surface area contributed by atoms with Crippen LogP contribution in [0.1, 0.15) is 438 Å². The number of hydrogen-bond donors (Lipinski definition) is 1. The van der Waals surface area contributed by atoms with Crippen LogP contribution in [-0.4, -0.2) is 74.9 Å². The molecule has 2 atom stereocenters. The number of esters is 2. The van der Waals surface area contributed by atoms with Gasteiger partial charge in [-0.05, 0) is 51.4 Å². The molecule has 10 heteroatoms. The van der Waals surface area contributed by atoms with Crippen molar-refractivity contribution in [1.29, 1.82) is 0 Å². The average Bonchev–Trinajstić information content (AvgIpc) is 1.97. The van der Waals surface area contributed by atoms with E-state index < -0.39 is 26.5 Å². The summed E-state index contributed by atoms with van der Waals surface area (Å²) in [6, 6.07) is 0. The van der Waals surface area contributed by atoms with Crippen molar-refractivity contribution in [3.63, 3.8) is 0 Å². The van der Waals surface area contributed by atoms with Crippen molar-refractivity contribution < 1.29 is 42.1 Å². The summed E-state index contributed by atoms with van der Waals surface area (Å²) < 4.78 is 34.9. The molecule has 9 nitrogen and oxygen atoms in total. The first-order chi connectivity index (χ1) is 47.0. The Hall–Kier alpha value is -2.03. The zero-order chi connectivity index (χ0) is 69.7. The van der Waals surface area contributed by atoms with Crippen LogP contribution in [-0.2, 0) is 32.7 Å². The second-order valence-electron chi connectivity index (χ2n) is 30.2. The molecule has 0 aromatic heterocycles. The summed E-state index contributed by atoms with van der Waals surface area (Å²) in [5, 5.41) is 0. The third-order valence-corrected chi connectivity index (χ3v) is 20.4. The molecule has 566 valence electrons. The molecule has 0 aromatic carbocycles. The van der Waals surface area contributed by atoms with Crippen molar-refractivity contribution in [3.8, 4) is 0 Å². The highest BCUT2D eigenvalue weighted by molar-refractivity contribution is 7.47. The van der Waals surface area contributed by atoms with Crippen molar-refractivity contribution >= 4 is 19.8 Å². The standard InChI is InChI=1S/C86H164NO8P/c1-6-8-10-12-14-16-18-20-22-24-26-28-30-32-34-36-38-39-40-41-42-43-44-45-46-47-49-50-52-54-56-58-60-62-64-66-68-70-72-74-76-78-85(88)92-82-84(83-94-96(90,91)93-81-80-87(3,4)5)95-86(89)79-77-75-73-71-69-67-65-63-61-59-57-55-53-51-48-37-35-33-31-29-27-25-23-21-19-17-15-13-11-9-7-2/h9,11,15,17,21,23,27,29,84H,6-8,10,12-14,16,18-20,22,24-26,28,30-83H2,1-5H3/p+1/b11-9-,17-15-,23-21-,29-27-. The van der Waals surface area contributed by atoms with E-state index in [1.807, 2.05) is 21.1 Å².